The van der Waals surface area contributed by atoms with Crippen molar-refractivity contribution in [3.05, 3.63) is 72.1 Å². The molecule has 0 bridgehead atoms. The van der Waals surface area contributed by atoms with Crippen LogP contribution in [0.15, 0.2) is 60.9 Å². The van der Waals surface area contributed by atoms with Gasteiger partial charge in [-0.25, -0.2) is 4.79 Å². The molecule has 0 aliphatic carbocycles. The summed E-state index contributed by atoms with van der Waals surface area (Å²) in [5, 5.41) is 18.6. The number of carbonyl (C=O) groups is 4. The third-order valence-corrected chi connectivity index (χ3v) is 5.25. The van der Waals surface area contributed by atoms with Crippen molar-refractivity contribution < 1.29 is 58.6 Å². The second kappa shape index (κ2) is 19.8. The molecule has 1 atom stereocenters. The standard InChI is InChI=1S/C27H34N4O6.Na/c32-24(15-14-21-11-7-16-28-19-21)31-23(26(35)29-17-6-2-5-13-25(33)34)12-8-18-30-27(36)37-20-22-9-3-1-4-10-22;/h1,3-4,7,9-11,14-16,19,23H,2,5-6,8,12-13,17-18,20H2,(H,29,35)(H,30,36)(H,31,32)(H,33,34);/q;+1/p-1/b15-14+;/t23-;/m0./s1. The van der Waals surface area contributed by atoms with Crippen molar-refractivity contribution in [1.82, 2.24) is 20.9 Å². The van der Waals surface area contributed by atoms with Gasteiger partial charge in [-0.05, 0) is 55.4 Å². The van der Waals surface area contributed by atoms with E-state index in [1.807, 2.05) is 30.3 Å². The van der Waals surface area contributed by atoms with E-state index < -0.39 is 24.0 Å². The Morgan fingerprint density at radius 2 is 1.71 bits per heavy atom. The first-order valence-electron chi connectivity index (χ1n) is 12.2. The van der Waals surface area contributed by atoms with E-state index in [0.717, 1.165) is 11.1 Å². The molecule has 10 nitrogen and oxygen atoms in total. The smallest absolute Gasteiger partial charge is 0.550 e. The molecule has 1 aromatic heterocycles. The molecule has 0 fully saturated rings. The van der Waals surface area contributed by atoms with Crippen molar-refractivity contribution in [3.63, 3.8) is 0 Å². The number of unbranched alkanes of at least 4 members (excludes halogenated alkanes) is 2. The van der Waals surface area contributed by atoms with Crippen molar-refractivity contribution in [1.29, 1.82) is 0 Å². The van der Waals surface area contributed by atoms with E-state index in [2.05, 4.69) is 20.9 Å². The SMILES string of the molecule is O=C([O-])CCCCCNC(=O)[C@H](CCCNC(=O)OCc1ccccc1)NC(=O)/C=C/c1cccnc1.[Na+]. The fourth-order valence-electron chi connectivity index (χ4n) is 3.31. The number of nitrogens with one attached hydrogen (secondary N) is 3. The molecule has 11 heteroatoms. The number of rotatable bonds is 16. The number of nitrogens with zero attached hydrogens (tertiary/aromatic N) is 1. The summed E-state index contributed by atoms with van der Waals surface area (Å²) in [5.41, 5.74) is 1.62. The Bertz CT molecular complexity index is 1020. The van der Waals surface area contributed by atoms with Crippen LogP contribution < -0.4 is 50.6 Å². The van der Waals surface area contributed by atoms with Gasteiger partial charge in [0.2, 0.25) is 11.8 Å². The fourth-order valence-corrected chi connectivity index (χ4v) is 3.31. The summed E-state index contributed by atoms with van der Waals surface area (Å²) in [5.74, 6) is -1.88. The number of carboxylic acids is 1. The number of amides is 3. The van der Waals surface area contributed by atoms with Crippen LogP contribution in [0.3, 0.4) is 0 Å². The van der Waals surface area contributed by atoms with E-state index in [0.29, 0.717) is 38.6 Å². The fraction of sp³-hybridized carbons (Fsp3) is 0.370. The van der Waals surface area contributed by atoms with Gasteiger partial charge in [-0.15, -0.1) is 0 Å². The van der Waals surface area contributed by atoms with Gasteiger partial charge in [0.15, 0.2) is 0 Å². The first-order chi connectivity index (χ1) is 17.9. The number of carbonyl (C=O) groups excluding carboxylic acids is 4. The van der Waals surface area contributed by atoms with Gasteiger partial charge < -0.3 is 30.6 Å². The third-order valence-electron chi connectivity index (χ3n) is 5.25. The number of hydrogen-bond donors (Lipinski definition) is 3. The zero-order valence-electron chi connectivity index (χ0n) is 21.7. The average molecular weight is 533 g/mol. The first kappa shape index (κ1) is 32.8. The zero-order valence-corrected chi connectivity index (χ0v) is 23.7. The van der Waals surface area contributed by atoms with Crippen molar-refractivity contribution in [3.8, 4) is 0 Å². The summed E-state index contributed by atoms with van der Waals surface area (Å²) < 4.78 is 5.17. The minimum absolute atomic E-state index is 0. The van der Waals surface area contributed by atoms with Crippen molar-refractivity contribution in [2.24, 2.45) is 0 Å². The summed E-state index contributed by atoms with van der Waals surface area (Å²) in [6.07, 6.45) is 8.01. The van der Waals surface area contributed by atoms with Gasteiger partial charge in [0.25, 0.3) is 0 Å². The van der Waals surface area contributed by atoms with E-state index in [4.69, 9.17) is 4.74 Å². The quantitative estimate of drug-likeness (QED) is 0.138. The minimum Gasteiger partial charge on any atom is -0.550 e. The van der Waals surface area contributed by atoms with Crippen LogP contribution in [0, 0.1) is 0 Å². The summed E-state index contributed by atoms with van der Waals surface area (Å²) >= 11 is 0. The Balaban J connectivity index is 0.00000722. The zero-order chi connectivity index (χ0) is 26.7. The molecule has 1 aromatic carbocycles. The van der Waals surface area contributed by atoms with Gasteiger partial charge in [-0.3, -0.25) is 14.6 Å². The maximum atomic E-state index is 12.7. The predicted molar refractivity (Wildman–Crippen MR) is 136 cm³/mol. The van der Waals surface area contributed by atoms with Crippen LogP contribution >= 0.6 is 0 Å². The van der Waals surface area contributed by atoms with Crippen LogP contribution in [0.25, 0.3) is 6.08 Å². The summed E-state index contributed by atoms with van der Waals surface area (Å²) in [6.45, 7) is 0.774. The number of ether oxygens (including phenoxy) is 1. The van der Waals surface area contributed by atoms with E-state index in [1.165, 1.54) is 6.08 Å². The first-order valence-corrected chi connectivity index (χ1v) is 12.2. The Hall–Kier alpha value is -3.21. The minimum atomic E-state index is -1.09. The van der Waals surface area contributed by atoms with Crippen LogP contribution in [0.2, 0.25) is 0 Å². The van der Waals surface area contributed by atoms with Crippen LogP contribution in [0.4, 0.5) is 4.79 Å². The van der Waals surface area contributed by atoms with E-state index >= 15 is 0 Å². The van der Waals surface area contributed by atoms with Gasteiger partial charge in [-0.2, -0.15) is 0 Å². The molecule has 2 aromatic rings. The number of alkyl carbamates (subject to hydrolysis) is 1. The van der Waals surface area contributed by atoms with Gasteiger partial charge >= 0.3 is 35.7 Å². The number of hydrogen-bond acceptors (Lipinski definition) is 7. The van der Waals surface area contributed by atoms with E-state index in [-0.39, 0.29) is 55.0 Å². The Morgan fingerprint density at radius 3 is 2.42 bits per heavy atom. The monoisotopic (exact) mass is 532 g/mol. The van der Waals surface area contributed by atoms with E-state index in [1.54, 1.807) is 30.6 Å². The molecule has 0 aliphatic rings. The molecule has 2 rings (SSSR count). The molecule has 0 aliphatic heterocycles. The van der Waals surface area contributed by atoms with Gasteiger partial charge in [0, 0.05) is 37.5 Å². The molecule has 0 saturated heterocycles. The maximum absolute atomic E-state index is 12.7. The van der Waals surface area contributed by atoms with E-state index in [9.17, 15) is 24.3 Å². The Kier molecular flexibility index (Phi) is 17.1. The third kappa shape index (κ3) is 15.1. The predicted octanol–water partition coefficient (Wildman–Crippen LogP) is -1.28. The number of aliphatic carboxylic acids is 1. The Morgan fingerprint density at radius 1 is 0.947 bits per heavy atom. The number of pyridine rings is 1. The maximum Gasteiger partial charge on any atom is 1.00 e. The van der Waals surface area contributed by atoms with Crippen LogP contribution in [0.1, 0.15) is 49.7 Å². The normalized spacial score (nSPS) is 11.2. The number of carboxylic acid groups (broad SMARTS) is 1. The summed E-state index contributed by atoms with van der Waals surface area (Å²) in [7, 11) is 0. The molecule has 1 heterocycles. The van der Waals surface area contributed by atoms with Gasteiger partial charge in [0.05, 0.1) is 0 Å². The molecule has 198 valence electrons. The average Bonchev–Trinajstić information content (AvgIpc) is 2.90. The Labute approximate surface area is 244 Å². The second-order valence-electron chi connectivity index (χ2n) is 8.29. The van der Waals surface area contributed by atoms with Crippen molar-refractivity contribution in [2.45, 2.75) is 51.2 Å². The molecular formula is C27H33N4NaO6. The molecule has 0 unspecified atom stereocenters. The number of aromatic nitrogens is 1. The topological polar surface area (TPSA) is 150 Å². The molecule has 3 amide bonds. The van der Waals surface area contributed by atoms with Crippen molar-refractivity contribution in [2.75, 3.05) is 13.1 Å². The second-order valence-corrected chi connectivity index (χ2v) is 8.29. The van der Waals surface area contributed by atoms with Crippen LogP contribution in [-0.4, -0.2) is 48.0 Å². The molecule has 0 saturated carbocycles. The molecular weight excluding hydrogens is 499 g/mol. The summed E-state index contributed by atoms with van der Waals surface area (Å²) in [6, 6.07) is 12.0. The summed E-state index contributed by atoms with van der Waals surface area (Å²) in [4.78, 5) is 51.5. The largest absolute Gasteiger partial charge is 1.00 e. The van der Waals surface area contributed by atoms with Crippen LogP contribution in [0.5, 0.6) is 0 Å². The van der Waals surface area contributed by atoms with Gasteiger partial charge in [-0.1, -0.05) is 42.8 Å². The molecule has 38 heavy (non-hydrogen) atoms. The molecule has 0 spiro atoms. The van der Waals surface area contributed by atoms with Gasteiger partial charge in [0.1, 0.15) is 12.6 Å². The molecule has 0 radical (unpaired) electrons. The van der Waals surface area contributed by atoms with Crippen molar-refractivity contribution >= 4 is 30.0 Å². The molecule has 3 N–H and O–H groups in total. The number of benzene rings is 1. The van der Waals surface area contributed by atoms with Crippen LogP contribution in [-0.2, 0) is 25.7 Å².